The largest absolute Gasteiger partial charge is 0.480 e. The fourth-order valence-corrected chi connectivity index (χ4v) is 1.19. The number of hydrogen-bond acceptors (Lipinski definition) is 3. The van der Waals surface area contributed by atoms with E-state index >= 15 is 0 Å². The first-order chi connectivity index (χ1) is 6.16. The van der Waals surface area contributed by atoms with Crippen LogP contribution >= 0.6 is 0 Å². The van der Waals surface area contributed by atoms with Gasteiger partial charge in [-0.2, -0.15) is 0 Å². The van der Waals surface area contributed by atoms with Gasteiger partial charge in [-0.3, -0.25) is 4.79 Å². The van der Waals surface area contributed by atoms with E-state index in [0.717, 1.165) is 5.56 Å². The number of likely N-dealkylation sites (N-methyl/N-ethyl adjacent to an activating group) is 1. The monoisotopic (exact) mass is 183 g/mol. The summed E-state index contributed by atoms with van der Waals surface area (Å²) in [5, 5.41) is 11.4. The lowest BCUT2D eigenvalue weighted by molar-refractivity contribution is -0.139. The lowest BCUT2D eigenvalue weighted by Gasteiger charge is -2.18. The number of hydrogen-bond donors (Lipinski definition) is 4. The van der Waals surface area contributed by atoms with Crippen molar-refractivity contribution in [3.8, 4) is 0 Å². The molecule has 5 heteroatoms. The Morgan fingerprint density at radius 2 is 2.46 bits per heavy atom. The van der Waals surface area contributed by atoms with Crippen molar-refractivity contribution < 1.29 is 9.90 Å². The van der Waals surface area contributed by atoms with Crippen LogP contribution in [0.25, 0.3) is 0 Å². The van der Waals surface area contributed by atoms with Gasteiger partial charge in [-0.05, 0) is 18.7 Å². The van der Waals surface area contributed by atoms with E-state index in [1.165, 1.54) is 0 Å². The highest BCUT2D eigenvalue weighted by Gasteiger charge is 2.24. The molecule has 0 aromatic carbocycles. The van der Waals surface area contributed by atoms with E-state index < -0.39 is 18.1 Å². The average Bonchev–Trinajstić information content (AvgIpc) is 2.56. The van der Waals surface area contributed by atoms with Gasteiger partial charge in [0.25, 0.3) is 0 Å². The first kappa shape index (κ1) is 9.76. The van der Waals surface area contributed by atoms with Gasteiger partial charge >= 0.3 is 5.97 Å². The number of aromatic nitrogens is 1. The minimum atomic E-state index is -0.948. The van der Waals surface area contributed by atoms with Gasteiger partial charge in [-0.1, -0.05) is 0 Å². The van der Waals surface area contributed by atoms with Crippen molar-refractivity contribution in [3.05, 3.63) is 24.0 Å². The maximum absolute atomic E-state index is 10.7. The zero-order valence-corrected chi connectivity index (χ0v) is 7.32. The van der Waals surface area contributed by atoms with E-state index in [9.17, 15) is 4.79 Å². The smallest absolute Gasteiger partial charge is 0.322 e. The van der Waals surface area contributed by atoms with Crippen molar-refractivity contribution in [2.24, 2.45) is 5.73 Å². The molecule has 0 spiro atoms. The van der Waals surface area contributed by atoms with Crippen molar-refractivity contribution in [2.75, 3.05) is 7.05 Å². The number of nitrogens with one attached hydrogen (secondary N) is 2. The van der Waals surface area contributed by atoms with Crippen molar-refractivity contribution in [3.63, 3.8) is 0 Å². The van der Waals surface area contributed by atoms with E-state index in [-0.39, 0.29) is 0 Å². The molecule has 5 N–H and O–H groups in total. The molecule has 0 aliphatic heterocycles. The van der Waals surface area contributed by atoms with E-state index in [2.05, 4.69) is 10.3 Å². The minimum absolute atomic E-state index is 0.534. The maximum Gasteiger partial charge on any atom is 0.322 e. The second kappa shape index (κ2) is 4.06. The molecular formula is C8H13N3O2. The molecule has 0 radical (unpaired) electrons. The van der Waals surface area contributed by atoms with Gasteiger partial charge in [-0.15, -0.1) is 0 Å². The lowest BCUT2D eigenvalue weighted by Crippen LogP contribution is -2.43. The molecule has 0 fully saturated rings. The molecule has 0 saturated carbocycles. The van der Waals surface area contributed by atoms with E-state index in [1.807, 2.05) is 0 Å². The van der Waals surface area contributed by atoms with Crippen molar-refractivity contribution in [1.29, 1.82) is 0 Å². The second-order valence-corrected chi connectivity index (χ2v) is 2.77. The summed E-state index contributed by atoms with van der Waals surface area (Å²) in [6.07, 6.45) is 3.40. The summed E-state index contributed by atoms with van der Waals surface area (Å²) in [5.74, 6) is -0.948. The van der Waals surface area contributed by atoms with Gasteiger partial charge in [-0.25, -0.2) is 0 Å². The van der Waals surface area contributed by atoms with Gasteiger partial charge < -0.3 is 21.1 Å². The Morgan fingerprint density at radius 3 is 2.85 bits per heavy atom. The number of carboxylic acids is 1. The number of rotatable bonds is 4. The summed E-state index contributed by atoms with van der Waals surface area (Å²) in [7, 11) is 1.57. The number of aromatic amines is 1. The number of H-pyrrole nitrogens is 1. The fraction of sp³-hybridized carbons (Fsp3) is 0.375. The first-order valence-corrected chi connectivity index (χ1v) is 3.95. The summed E-state index contributed by atoms with van der Waals surface area (Å²) < 4.78 is 0. The zero-order valence-electron chi connectivity index (χ0n) is 7.32. The molecule has 72 valence electrons. The first-order valence-electron chi connectivity index (χ1n) is 3.95. The van der Waals surface area contributed by atoms with Crippen molar-refractivity contribution >= 4 is 5.97 Å². The molecule has 0 aliphatic carbocycles. The Bertz CT molecular complexity index is 271. The Balaban J connectivity index is 2.76. The standard InChI is InChI=1S/C8H13N3O2/c1-10-7(8(12)13)6(9)5-2-3-11-4-5/h2-4,6-7,10-11H,9H2,1H3,(H,12,13). The highest BCUT2D eigenvalue weighted by Crippen LogP contribution is 2.12. The molecule has 1 aromatic rings. The average molecular weight is 183 g/mol. The molecule has 5 nitrogen and oxygen atoms in total. The minimum Gasteiger partial charge on any atom is -0.480 e. The van der Waals surface area contributed by atoms with Gasteiger partial charge in [0.05, 0.1) is 6.04 Å². The molecule has 0 bridgehead atoms. The molecule has 0 amide bonds. The molecule has 1 heterocycles. The highest BCUT2D eigenvalue weighted by molar-refractivity contribution is 5.74. The zero-order chi connectivity index (χ0) is 9.84. The number of carboxylic acid groups (broad SMARTS) is 1. The predicted molar refractivity (Wildman–Crippen MR) is 48.2 cm³/mol. The van der Waals surface area contributed by atoms with Gasteiger partial charge in [0.2, 0.25) is 0 Å². The molecular weight excluding hydrogens is 170 g/mol. The van der Waals surface area contributed by atoms with Crippen LogP contribution in [0.2, 0.25) is 0 Å². The van der Waals surface area contributed by atoms with Crippen LogP contribution in [-0.2, 0) is 4.79 Å². The van der Waals surface area contributed by atoms with Gasteiger partial charge in [0.1, 0.15) is 6.04 Å². The van der Waals surface area contributed by atoms with Crippen LogP contribution in [0, 0.1) is 0 Å². The second-order valence-electron chi connectivity index (χ2n) is 2.77. The van der Waals surface area contributed by atoms with Crippen LogP contribution in [0.15, 0.2) is 18.5 Å². The van der Waals surface area contributed by atoms with Crippen LogP contribution < -0.4 is 11.1 Å². The van der Waals surface area contributed by atoms with Crippen LogP contribution in [-0.4, -0.2) is 29.1 Å². The van der Waals surface area contributed by atoms with Crippen molar-refractivity contribution in [1.82, 2.24) is 10.3 Å². The summed E-state index contributed by atoms with van der Waals surface area (Å²) >= 11 is 0. The van der Waals surface area contributed by atoms with Crippen molar-refractivity contribution in [2.45, 2.75) is 12.1 Å². The molecule has 13 heavy (non-hydrogen) atoms. The van der Waals surface area contributed by atoms with Crippen LogP contribution in [0.5, 0.6) is 0 Å². The number of nitrogens with two attached hydrogens (primary N) is 1. The normalized spacial score (nSPS) is 15.2. The van der Waals surface area contributed by atoms with E-state index in [4.69, 9.17) is 10.8 Å². The molecule has 0 saturated heterocycles. The number of aliphatic carboxylic acids is 1. The highest BCUT2D eigenvalue weighted by atomic mass is 16.4. The molecule has 1 aromatic heterocycles. The Morgan fingerprint density at radius 1 is 1.77 bits per heavy atom. The van der Waals surface area contributed by atoms with Crippen LogP contribution in [0.1, 0.15) is 11.6 Å². The third-order valence-electron chi connectivity index (χ3n) is 1.94. The van der Waals surface area contributed by atoms with Gasteiger partial charge in [0, 0.05) is 12.4 Å². The van der Waals surface area contributed by atoms with Crippen LogP contribution in [0.3, 0.4) is 0 Å². The summed E-state index contributed by atoms with van der Waals surface area (Å²) in [6.45, 7) is 0. The SMILES string of the molecule is CNC(C(=O)O)C(N)c1cc[nH]c1. The molecule has 0 aliphatic rings. The summed E-state index contributed by atoms with van der Waals surface area (Å²) in [4.78, 5) is 13.5. The topological polar surface area (TPSA) is 91.1 Å². The summed E-state index contributed by atoms with van der Waals surface area (Å²) in [6, 6.07) is 0.474. The Kier molecular flexibility index (Phi) is 3.05. The molecule has 2 atom stereocenters. The van der Waals surface area contributed by atoms with E-state index in [1.54, 1.807) is 25.5 Å². The number of carbonyl (C=O) groups is 1. The third kappa shape index (κ3) is 2.07. The Hall–Kier alpha value is -1.33. The van der Waals surface area contributed by atoms with E-state index in [0.29, 0.717) is 0 Å². The fourth-order valence-electron chi connectivity index (χ4n) is 1.19. The van der Waals surface area contributed by atoms with Crippen LogP contribution in [0.4, 0.5) is 0 Å². The molecule has 2 unspecified atom stereocenters. The van der Waals surface area contributed by atoms with Gasteiger partial charge in [0.15, 0.2) is 0 Å². The quantitative estimate of drug-likeness (QED) is 0.515. The molecule has 1 rings (SSSR count). The third-order valence-corrected chi connectivity index (χ3v) is 1.94. The predicted octanol–water partition coefficient (Wildman–Crippen LogP) is -0.313. The summed E-state index contributed by atoms with van der Waals surface area (Å²) in [5.41, 5.74) is 6.51. The lowest BCUT2D eigenvalue weighted by atomic mass is 10.0. The Labute approximate surface area is 75.9 Å². The maximum atomic E-state index is 10.7.